The zero-order valence-electron chi connectivity index (χ0n) is 9.73. The van der Waals surface area contributed by atoms with Crippen LogP contribution < -0.4 is 10.5 Å². The molecule has 3 heteroatoms. The second-order valence-corrected chi connectivity index (χ2v) is 4.09. The Bertz CT molecular complexity index is 282. The minimum absolute atomic E-state index is 0.232. The maximum Gasteiger partial charge on any atom is 0.119 e. The Morgan fingerprint density at radius 3 is 2.40 bits per heavy atom. The SMILES string of the molecule is CC(CCN(C)C)Oc1ccc(N)cc1. The van der Waals surface area contributed by atoms with Crippen molar-refractivity contribution in [3.8, 4) is 5.75 Å². The fourth-order valence-corrected chi connectivity index (χ4v) is 1.28. The highest BCUT2D eigenvalue weighted by atomic mass is 16.5. The van der Waals surface area contributed by atoms with Crippen molar-refractivity contribution in [2.45, 2.75) is 19.4 Å². The van der Waals surface area contributed by atoms with Gasteiger partial charge in [-0.15, -0.1) is 0 Å². The summed E-state index contributed by atoms with van der Waals surface area (Å²) in [6.07, 6.45) is 1.26. The highest BCUT2D eigenvalue weighted by Crippen LogP contribution is 2.15. The van der Waals surface area contributed by atoms with E-state index in [-0.39, 0.29) is 6.10 Å². The van der Waals surface area contributed by atoms with Crippen LogP contribution in [0.4, 0.5) is 5.69 Å². The predicted molar refractivity (Wildman–Crippen MR) is 64.1 cm³/mol. The minimum Gasteiger partial charge on any atom is -0.491 e. The van der Waals surface area contributed by atoms with E-state index in [4.69, 9.17) is 10.5 Å². The summed E-state index contributed by atoms with van der Waals surface area (Å²) in [5.41, 5.74) is 6.36. The summed E-state index contributed by atoms with van der Waals surface area (Å²) in [4.78, 5) is 2.16. The van der Waals surface area contributed by atoms with Crippen molar-refractivity contribution in [3.63, 3.8) is 0 Å². The third-order valence-corrected chi connectivity index (χ3v) is 2.20. The molecule has 2 N–H and O–H groups in total. The smallest absolute Gasteiger partial charge is 0.119 e. The van der Waals surface area contributed by atoms with Crippen molar-refractivity contribution in [1.29, 1.82) is 0 Å². The van der Waals surface area contributed by atoms with Gasteiger partial charge in [0.05, 0.1) is 6.10 Å². The van der Waals surface area contributed by atoms with Gasteiger partial charge in [0.2, 0.25) is 0 Å². The van der Waals surface area contributed by atoms with Crippen LogP contribution in [-0.2, 0) is 0 Å². The van der Waals surface area contributed by atoms with E-state index in [0.717, 1.165) is 24.4 Å². The summed E-state index contributed by atoms with van der Waals surface area (Å²) in [5.74, 6) is 0.885. The number of benzene rings is 1. The lowest BCUT2D eigenvalue weighted by atomic mass is 10.2. The Morgan fingerprint density at radius 1 is 1.27 bits per heavy atom. The monoisotopic (exact) mass is 208 g/mol. The first-order valence-corrected chi connectivity index (χ1v) is 5.25. The standard InChI is InChI=1S/C12H20N2O/c1-10(8-9-14(2)3)15-12-6-4-11(13)5-7-12/h4-7,10H,8-9,13H2,1-3H3. The normalized spacial score (nSPS) is 12.8. The van der Waals surface area contributed by atoms with Gasteiger partial charge in [0.25, 0.3) is 0 Å². The lowest BCUT2D eigenvalue weighted by molar-refractivity contribution is 0.194. The van der Waals surface area contributed by atoms with Crippen LogP contribution >= 0.6 is 0 Å². The molecule has 1 aromatic rings. The van der Waals surface area contributed by atoms with Crippen molar-refractivity contribution in [1.82, 2.24) is 4.90 Å². The lowest BCUT2D eigenvalue weighted by Crippen LogP contribution is -2.21. The topological polar surface area (TPSA) is 38.5 Å². The van der Waals surface area contributed by atoms with Crippen LogP contribution in [0.5, 0.6) is 5.75 Å². The summed E-state index contributed by atoms with van der Waals surface area (Å²) in [6.45, 7) is 3.12. The van der Waals surface area contributed by atoms with Gasteiger partial charge in [-0.25, -0.2) is 0 Å². The summed E-state index contributed by atoms with van der Waals surface area (Å²) in [5, 5.41) is 0. The summed E-state index contributed by atoms with van der Waals surface area (Å²) < 4.78 is 5.74. The number of rotatable bonds is 5. The second kappa shape index (κ2) is 5.61. The molecule has 0 spiro atoms. The average molecular weight is 208 g/mol. The first-order valence-electron chi connectivity index (χ1n) is 5.25. The molecule has 1 atom stereocenters. The highest BCUT2D eigenvalue weighted by Gasteiger charge is 2.04. The predicted octanol–water partition coefficient (Wildman–Crippen LogP) is 1.99. The van der Waals surface area contributed by atoms with Crippen molar-refractivity contribution in [2.24, 2.45) is 0 Å². The van der Waals surface area contributed by atoms with Crippen molar-refractivity contribution in [3.05, 3.63) is 24.3 Å². The molecule has 0 aromatic heterocycles. The van der Waals surface area contributed by atoms with Gasteiger partial charge in [-0.2, -0.15) is 0 Å². The zero-order chi connectivity index (χ0) is 11.3. The second-order valence-electron chi connectivity index (χ2n) is 4.09. The molecular formula is C12H20N2O. The molecule has 0 heterocycles. The molecular weight excluding hydrogens is 188 g/mol. The number of ether oxygens (including phenoxy) is 1. The van der Waals surface area contributed by atoms with Gasteiger partial charge in [-0.1, -0.05) is 0 Å². The fraction of sp³-hybridized carbons (Fsp3) is 0.500. The van der Waals surface area contributed by atoms with E-state index in [2.05, 4.69) is 25.9 Å². The number of nitrogen functional groups attached to an aromatic ring is 1. The maximum absolute atomic E-state index is 5.74. The summed E-state index contributed by atoms with van der Waals surface area (Å²) in [6, 6.07) is 7.52. The molecule has 1 rings (SSSR count). The summed E-state index contributed by atoms with van der Waals surface area (Å²) >= 11 is 0. The van der Waals surface area contributed by atoms with Gasteiger partial charge in [-0.05, 0) is 51.7 Å². The van der Waals surface area contributed by atoms with E-state index >= 15 is 0 Å². The van der Waals surface area contributed by atoms with Crippen molar-refractivity contribution < 1.29 is 4.74 Å². The largest absolute Gasteiger partial charge is 0.491 e. The Hall–Kier alpha value is -1.22. The third-order valence-electron chi connectivity index (χ3n) is 2.20. The van der Waals surface area contributed by atoms with E-state index in [1.807, 2.05) is 24.3 Å². The number of anilines is 1. The molecule has 0 saturated heterocycles. The molecule has 1 unspecified atom stereocenters. The van der Waals surface area contributed by atoms with E-state index in [9.17, 15) is 0 Å². The van der Waals surface area contributed by atoms with Gasteiger partial charge in [0, 0.05) is 12.2 Å². The molecule has 1 aromatic carbocycles. The van der Waals surface area contributed by atoms with E-state index in [0.29, 0.717) is 0 Å². The molecule has 0 radical (unpaired) electrons. The molecule has 0 fully saturated rings. The van der Waals surface area contributed by atoms with Crippen LogP contribution in [0.1, 0.15) is 13.3 Å². The van der Waals surface area contributed by atoms with Gasteiger partial charge in [-0.3, -0.25) is 0 Å². The van der Waals surface area contributed by atoms with Crippen LogP contribution in [0, 0.1) is 0 Å². The summed E-state index contributed by atoms with van der Waals surface area (Å²) in [7, 11) is 4.13. The molecule has 0 aliphatic rings. The first kappa shape index (κ1) is 11.9. The van der Waals surface area contributed by atoms with Crippen LogP contribution in [0.2, 0.25) is 0 Å². The van der Waals surface area contributed by atoms with Crippen molar-refractivity contribution in [2.75, 3.05) is 26.4 Å². The van der Waals surface area contributed by atoms with E-state index in [1.54, 1.807) is 0 Å². The number of hydrogen-bond donors (Lipinski definition) is 1. The Labute approximate surface area is 91.8 Å². The molecule has 84 valence electrons. The van der Waals surface area contributed by atoms with Crippen LogP contribution in [0.3, 0.4) is 0 Å². The zero-order valence-corrected chi connectivity index (χ0v) is 9.73. The van der Waals surface area contributed by atoms with Gasteiger partial charge < -0.3 is 15.4 Å². The molecule has 15 heavy (non-hydrogen) atoms. The van der Waals surface area contributed by atoms with Gasteiger partial charge in [0.15, 0.2) is 0 Å². The number of nitrogens with two attached hydrogens (primary N) is 1. The molecule has 0 aliphatic carbocycles. The molecule has 0 saturated carbocycles. The lowest BCUT2D eigenvalue weighted by Gasteiger charge is -2.17. The van der Waals surface area contributed by atoms with E-state index < -0.39 is 0 Å². The molecule has 0 aliphatic heterocycles. The molecule has 3 nitrogen and oxygen atoms in total. The third kappa shape index (κ3) is 4.70. The quantitative estimate of drug-likeness (QED) is 0.752. The highest BCUT2D eigenvalue weighted by molar-refractivity contribution is 5.41. The Kier molecular flexibility index (Phi) is 4.43. The first-order chi connectivity index (χ1) is 7.08. The van der Waals surface area contributed by atoms with Crippen LogP contribution in [-0.4, -0.2) is 31.6 Å². The number of hydrogen-bond acceptors (Lipinski definition) is 3. The average Bonchev–Trinajstić information content (AvgIpc) is 2.19. The molecule has 0 amide bonds. The molecule has 0 bridgehead atoms. The maximum atomic E-state index is 5.74. The van der Waals surface area contributed by atoms with Crippen LogP contribution in [0.25, 0.3) is 0 Å². The number of nitrogens with zero attached hydrogens (tertiary/aromatic N) is 1. The fourth-order valence-electron chi connectivity index (χ4n) is 1.28. The van der Waals surface area contributed by atoms with Crippen molar-refractivity contribution >= 4 is 5.69 Å². The van der Waals surface area contributed by atoms with Gasteiger partial charge in [0.1, 0.15) is 5.75 Å². The Balaban J connectivity index is 2.37. The Morgan fingerprint density at radius 2 is 1.87 bits per heavy atom. The minimum atomic E-state index is 0.232. The van der Waals surface area contributed by atoms with E-state index in [1.165, 1.54) is 0 Å². The van der Waals surface area contributed by atoms with Gasteiger partial charge >= 0.3 is 0 Å². The van der Waals surface area contributed by atoms with Crippen LogP contribution in [0.15, 0.2) is 24.3 Å².